The third-order valence-electron chi connectivity index (χ3n) is 2.59. The second-order valence-electron chi connectivity index (χ2n) is 4.16. The van der Waals surface area contributed by atoms with Crippen molar-refractivity contribution in [3.63, 3.8) is 0 Å². The fourth-order valence-corrected chi connectivity index (χ4v) is 2.42. The van der Waals surface area contributed by atoms with Gasteiger partial charge in [-0.05, 0) is 50.6 Å². The molecule has 0 radical (unpaired) electrons. The Bertz CT molecular complexity index is 479. The van der Waals surface area contributed by atoms with Crippen LogP contribution < -0.4 is 10.5 Å². The van der Waals surface area contributed by atoms with Gasteiger partial charge in [-0.3, -0.25) is 0 Å². The van der Waals surface area contributed by atoms with E-state index in [1.807, 2.05) is 19.1 Å². The molecule has 96 valence electrons. The Balaban J connectivity index is 1.93. The van der Waals surface area contributed by atoms with E-state index in [1.54, 1.807) is 11.3 Å². The second-order valence-corrected chi connectivity index (χ2v) is 5.02. The molecule has 1 aromatic carbocycles. The average Bonchev–Trinajstić information content (AvgIpc) is 2.82. The third-order valence-corrected chi connectivity index (χ3v) is 3.60. The van der Waals surface area contributed by atoms with Gasteiger partial charge in [-0.25, -0.2) is 4.98 Å². The van der Waals surface area contributed by atoms with Crippen LogP contribution in [0.1, 0.15) is 18.5 Å². The van der Waals surface area contributed by atoms with E-state index in [0.717, 1.165) is 48.0 Å². The molecule has 1 aromatic heterocycles. The molecule has 3 nitrogen and oxygen atoms in total. The predicted molar refractivity (Wildman–Crippen MR) is 76.1 cm³/mol. The first-order chi connectivity index (χ1) is 8.79. The fourth-order valence-electron chi connectivity index (χ4n) is 1.62. The Kier molecular flexibility index (Phi) is 4.73. The number of hydrogen-bond donors (Lipinski definition) is 1. The summed E-state index contributed by atoms with van der Waals surface area (Å²) in [6, 6.07) is 8.09. The molecule has 4 heteroatoms. The lowest BCUT2D eigenvalue weighted by molar-refractivity contribution is 0.308. The number of ether oxygens (including phenoxy) is 1. The molecular formula is C14H18N2OS. The topological polar surface area (TPSA) is 48.1 Å². The SMILES string of the molecule is Cc1csc(-c2ccc(OCCCCN)cc2)n1. The van der Waals surface area contributed by atoms with Crippen molar-refractivity contribution in [1.29, 1.82) is 0 Å². The summed E-state index contributed by atoms with van der Waals surface area (Å²) in [4.78, 5) is 4.46. The summed E-state index contributed by atoms with van der Waals surface area (Å²) in [6.07, 6.45) is 2.01. The lowest BCUT2D eigenvalue weighted by atomic mass is 10.2. The number of nitrogens with two attached hydrogens (primary N) is 1. The van der Waals surface area contributed by atoms with Crippen LogP contribution in [0.15, 0.2) is 29.6 Å². The van der Waals surface area contributed by atoms with Gasteiger partial charge < -0.3 is 10.5 Å². The monoisotopic (exact) mass is 262 g/mol. The minimum Gasteiger partial charge on any atom is -0.494 e. The Morgan fingerprint density at radius 3 is 2.61 bits per heavy atom. The molecule has 0 bridgehead atoms. The maximum Gasteiger partial charge on any atom is 0.123 e. The largest absolute Gasteiger partial charge is 0.494 e. The zero-order valence-electron chi connectivity index (χ0n) is 10.6. The maximum absolute atomic E-state index is 5.63. The number of rotatable bonds is 6. The Morgan fingerprint density at radius 2 is 2.00 bits per heavy atom. The van der Waals surface area contributed by atoms with Crippen molar-refractivity contribution in [2.45, 2.75) is 19.8 Å². The molecule has 2 aromatic rings. The molecule has 2 N–H and O–H groups in total. The second kappa shape index (κ2) is 6.52. The number of benzene rings is 1. The van der Waals surface area contributed by atoms with E-state index in [1.165, 1.54) is 0 Å². The van der Waals surface area contributed by atoms with E-state index in [9.17, 15) is 0 Å². The maximum atomic E-state index is 5.63. The van der Waals surface area contributed by atoms with Crippen LogP contribution >= 0.6 is 11.3 Å². The summed E-state index contributed by atoms with van der Waals surface area (Å²) in [7, 11) is 0. The molecule has 0 unspecified atom stereocenters. The van der Waals surface area contributed by atoms with Gasteiger partial charge in [-0.2, -0.15) is 0 Å². The van der Waals surface area contributed by atoms with Crippen molar-refractivity contribution in [2.75, 3.05) is 13.2 Å². The first-order valence-corrected chi connectivity index (χ1v) is 7.03. The Labute approximate surface area is 112 Å². The molecule has 0 atom stereocenters. The number of aromatic nitrogens is 1. The first kappa shape index (κ1) is 13.1. The van der Waals surface area contributed by atoms with Crippen LogP contribution in [0.4, 0.5) is 0 Å². The minimum absolute atomic E-state index is 0.728. The Morgan fingerprint density at radius 1 is 1.22 bits per heavy atom. The van der Waals surface area contributed by atoms with E-state index in [2.05, 4.69) is 22.5 Å². The number of unbranched alkanes of at least 4 members (excludes halogenated alkanes) is 1. The van der Waals surface area contributed by atoms with Gasteiger partial charge in [0.1, 0.15) is 10.8 Å². The van der Waals surface area contributed by atoms with Gasteiger partial charge in [-0.1, -0.05) is 0 Å². The van der Waals surface area contributed by atoms with Crippen molar-refractivity contribution in [1.82, 2.24) is 4.98 Å². The van der Waals surface area contributed by atoms with Gasteiger partial charge in [0.05, 0.1) is 6.61 Å². The average molecular weight is 262 g/mol. The van der Waals surface area contributed by atoms with E-state index < -0.39 is 0 Å². The third kappa shape index (κ3) is 3.55. The summed E-state index contributed by atoms with van der Waals surface area (Å²) < 4.78 is 5.63. The molecule has 0 aliphatic carbocycles. The quantitative estimate of drug-likeness (QED) is 0.813. The van der Waals surface area contributed by atoms with E-state index in [0.29, 0.717) is 0 Å². The van der Waals surface area contributed by atoms with Gasteiger partial charge in [0.25, 0.3) is 0 Å². The number of hydrogen-bond acceptors (Lipinski definition) is 4. The Hall–Kier alpha value is -1.39. The van der Waals surface area contributed by atoms with Crippen molar-refractivity contribution in [3.8, 4) is 16.3 Å². The normalized spacial score (nSPS) is 10.6. The van der Waals surface area contributed by atoms with Crippen LogP contribution in [-0.2, 0) is 0 Å². The standard InChI is InChI=1S/C14H18N2OS/c1-11-10-18-14(16-11)12-4-6-13(7-5-12)17-9-3-2-8-15/h4-7,10H,2-3,8-9,15H2,1H3. The molecule has 2 rings (SSSR count). The smallest absolute Gasteiger partial charge is 0.123 e. The van der Waals surface area contributed by atoms with E-state index >= 15 is 0 Å². The molecule has 0 spiro atoms. The summed E-state index contributed by atoms with van der Waals surface area (Å²) >= 11 is 1.67. The summed E-state index contributed by atoms with van der Waals surface area (Å²) in [5.41, 5.74) is 7.64. The van der Waals surface area contributed by atoms with E-state index in [-0.39, 0.29) is 0 Å². The molecule has 0 saturated carbocycles. The number of aryl methyl sites for hydroxylation is 1. The van der Waals surface area contributed by atoms with E-state index in [4.69, 9.17) is 10.5 Å². The number of thiazole rings is 1. The first-order valence-electron chi connectivity index (χ1n) is 6.15. The molecular weight excluding hydrogens is 244 g/mol. The summed E-state index contributed by atoms with van der Waals surface area (Å²) in [5.74, 6) is 0.907. The lowest BCUT2D eigenvalue weighted by Crippen LogP contribution is -2.03. The zero-order chi connectivity index (χ0) is 12.8. The van der Waals surface area contributed by atoms with Crippen LogP contribution in [0.5, 0.6) is 5.75 Å². The number of nitrogens with zero attached hydrogens (tertiary/aromatic N) is 1. The highest BCUT2D eigenvalue weighted by molar-refractivity contribution is 7.13. The highest BCUT2D eigenvalue weighted by atomic mass is 32.1. The van der Waals surface area contributed by atoms with Crippen molar-refractivity contribution < 1.29 is 4.74 Å². The molecule has 0 saturated heterocycles. The predicted octanol–water partition coefficient (Wildman–Crippen LogP) is 3.24. The van der Waals surface area contributed by atoms with Crippen LogP contribution in [0.25, 0.3) is 10.6 Å². The highest BCUT2D eigenvalue weighted by Gasteiger charge is 2.02. The van der Waals surface area contributed by atoms with Crippen molar-refractivity contribution in [2.24, 2.45) is 5.73 Å². The molecule has 0 amide bonds. The van der Waals surface area contributed by atoms with Gasteiger partial charge in [0.2, 0.25) is 0 Å². The van der Waals surface area contributed by atoms with Crippen molar-refractivity contribution >= 4 is 11.3 Å². The molecule has 1 heterocycles. The summed E-state index contributed by atoms with van der Waals surface area (Å²) in [5, 5.41) is 3.12. The molecule has 0 aliphatic rings. The van der Waals surface area contributed by atoms with Crippen LogP contribution in [0.2, 0.25) is 0 Å². The van der Waals surface area contributed by atoms with Gasteiger partial charge in [-0.15, -0.1) is 11.3 Å². The molecule has 0 fully saturated rings. The lowest BCUT2D eigenvalue weighted by Gasteiger charge is -2.05. The highest BCUT2D eigenvalue weighted by Crippen LogP contribution is 2.25. The minimum atomic E-state index is 0.728. The molecule has 0 aliphatic heterocycles. The zero-order valence-corrected chi connectivity index (χ0v) is 11.4. The van der Waals surface area contributed by atoms with Gasteiger partial charge in [0, 0.05) is 16.6 Å². The molecule has 18 heavy (non-hydrogen) atoms. The van der Waals surface area contributed by atoms with Crippen LogP contribution in [0, 0.1) is 6.92 Å². The van der Waals surface area contributed by atoms with Crippen LogP contribution in [-0.4, -0.2) is 18.1 Å². The fraction of sp³-hybridized carbons (Fsp3) is 0.357. The van der Waals surface area contributed by atoms with Crippen LogP contribution in [0.3, 0.4) is 0 Å². The van der Waals surface area contributed by atoms with Crippen molar-refractivity contribution in [3.05, 3.63) is 35.3 Å². The van der Waals surface area contributed by atoms with Gasteiger partial charge >= 0.3 is 0 Å². The summed E-state index contributed by atoms with van der Waals surface area (Å²) in [6.45, 7) is 3.47. The van der Waals surface area contributed by atoms with Gasteiger partial charge in [0.15, 0.2) is 0 Å².